The molecule has 1 atom stereocenters. The highest BCUT2D eigenvalue weighted by Crippen LogP contribution is 2.41. The van der Waals surface area contributed by atoms with Gasteiger partial charge < -0.3 is 15.6 Å². The Morgan fingerprint density at radius 2 is 2.14 bits per heavy atom. The predicted molar refractivity (Wildman–Crippen MR) is 106 cm³/mol. The molecule has 3 heterocycles. The van der Waals surface area contributed by atoms with Crippen LogP contribution in [0.3, 0.4) is 0 Å². The van der Waals surface area contributed by atoms with E-state index in [9.17, 15) is 9.90 Å². The number of ether oxygens (including phenoxy) is 1. The zero-order chi connectivity index (χ0) is 19.8. The normalized spacial score (nSPS) is 17.1. The number of primary amides is 1. The highest BCUT2D eigenvalue weighted by atomic mass is 32.1. The second kappa shape index (κ2) is 7.40. The molecule has 28 heavy (non-hydrogen) atoms. The minimum atomic E-state index is -0.241. The van der Waals surface area contributed by atoms with Crippen LogP contribution in [0.5, 0.6) is 11.6 Å². The Morgan fingerprint density at radius 3 is 2.79 bits per heavy atom. The third-order valence-corrected chi connectivity index (χ3v) is 6.33. The minimum Gasteiger partial charge on any atom is -0.497 e. The molecule has 0 aliphatic carbocycles. The highest BCUT2D eigenvalue weighted by molar-refractivity contribution is 7.17. The van der Waals surface area contributed by atoms with Gasteiger partial charge in [0, 0.05) is 5.92 Å². The first-order valence-electron chi connectivity index (χ1n) is 9.20. The van der Waals surface area contributed by atoms with Gasteiger partial charge in [0.25, 0.3) is 0 Å². The van der Waals surface area contributed by atoms with Crippen LogP contribution in [0.25, 0.3) is 4.96 Å². The largest absolute Gasteiger partial charge is 0.497 e. The van der Waals surface area contributed by atoms with E-state index >= 15 is 0 Å². The summed E-state index contributed by atoms with van der Waals surface area (Å²) in [5.41, 5.74) is 6.50. The summed E-state index contributed by atoms with van der Waals surface area (Å²) < 4.78 is 6.88. The molecule has 2 aromatic heterocycles. The van der Waals surface area contributed by atoms with Crippen molar-refractivity contribution in [3.63, 3.8) is 0 Å². The number of aromatic hydroxyl groups is 1. The molecular formula is C19H23N5O3S. The number of hydrogen-bond acceptors (Lipinski definition) is 7. The standard InChI is InChI=1S/C19H23N5O3S/c1-11-21-19-24(22-11)18(26)16(28-19)15(13-4-3-5-14(10-13)27-2)23-8-6-12(7-9-23)17(20)25/h3-5,10,12,15,26H,6-9H2,1-2H3,(H2,20,25)/t15-/m0/s1. The van der Waals surface area contributed by atoms with Crippen LogP contribution in [0.1, 0.15) is 35.1 Å². The van der Waals surface area contributed by atoms with Crippen molar-refractivity contribution in [1.82, 2.24) is 19.5 Å². The molecule has 0 unspecified atom stereocenters. The van der Waals surface area contributed by atoms with Gasteiger partial charge in [-0.1, -0.05) is 23.5 Å². The summed E-state index contributed by atoms with van der Waals surface area (Å²) >= 11 is 1.43. The molecule has 8 nitrogen and oxygen atoms in total. The number of aromatic nitrogens is 3. The summed E-state index contributed by atoms with van der Waals surface area (Å²) in [4.78, 5) is 19.6. The van der Waals surface area contributed by atoms with Crippen LogP contribution in [-0.4, -0.2) is 50.7 Å². The molecule has 0 radical (unpaired) electrons. The number of carbonyl (C=O) groups excluding carboxylic acids is 1. The average Bonchev–Trinajstić information content (AvgIpc) is 3.20. The molecule has 1 fully saturated rings. The van der Waals surface area contributed by atoms with E-state index < -0.39 is 0 Å². The lowest BCUT2D eigenvalue weighted by Crippen LogP contribution is -2.40. The number of carbonyl (C=O) groups is 1. The number of amides is 1. The molecule has 4 rings (SSSR count). The van der Waals surface area contributed by atoms with Crippen LogP contribution in [0, 0.1) is 12.8 Å². The number of rotatable bonds is 5. The van der Waals surface area contributed by atoms with E-state index in [1.807, 2.05) is 24.3 Å². The van der Waals surface area contributed by atoms with Gasteiger partial charge in [0.05, 0.1) is 18.0 Å². The molecule has 0 bridgehead atoms. The van der Waals surface area contributed by atoms with E-state index in [-0.39, 0.29) is 23.7 Å². The van der Waals surface area contributed by atoms with E-state index in [2.05, 4.69) is 15.0 Å². The van der Waals surface area contributed by atoms with Crippen molar-refractivity contribution in [3.8, 4) is 11.6 Å². The Labute approximate surface area is 166 Å². The second-order valence-corrected chi connectivity index (χ2v) is 8.04. The lowest BCUT2D eigenvalue weighted by molar-refractivity contribution is -0.123. The van der Waals surface area contributed by atoms with Gasteiger partial charge in [-0.05, 0) is 50.6 Å². The van der Waals surface area contributed by atoms with E-state index in [0.29, 0.717) is 36.7 Å². The highest BCUT2D eigenvalue weighted by Gasteiger charge is 2.33. The van der Waals surface area contributed by atoms with Crippen LogP contribution < -0.4 is 10.5 Å². The molecule has 1 aliphatic heterocycles. The van der Waals surface area contributed by atoms with E-state index in [0.717, 1.165) is 16.2 Å². The van der Waals surface area contributed by atoms with E-state index in [1.54, 1.807) is 14.0 Å². The predicted octanol–water partition coefficient (Wildman–Crippen LogP) is 2.10. The van der Waals surface area contributed by atoms with Gasteiger partial charge in [-0.25, -0.2) is 4.98 Å². The molecule has 1 saturated heterocycles. The molecule has 3 N–H and O–H groups in total. The van der Waals surface area contributed by atoms with Crippen LogP contribution in [0.15, 0.2) is 24.3 Å². The Bertz CT molecular complexity index is 1010. The summed E-state index contributed by atoms with van der Waals surface area (Å²) in [5.74, 6) is 1.14. The number of fused-ring (bicyclic) bond motifs is 1. The molecule has 1 aliphatic rings. The molecule has 148 valence electrons. The third-order valence-electron chi connectivity index (χ3n) is 5.26. The molecule has 0 saturated carbocycles. The van der Waals surface area contributed by atoms with Gasteiger partial charge in [-0.15, -0.1) is 5.10 Å². The van der Waals surface area contributed by atoms with Crippen LogP contribution in [0.2, 0.25) is 0 Å². The number of benzene rings is 1. The quantitative estimate of drug-likeness (QED) is 0.678. The zero-order valence-corrected chi connectivity index (χ0v) is 16.6. The van der Waals surface area contributed by atoms with E-state index in [1.165, 1.54) is 15.9 Å². The zero-order valence-electron chi connectivity index (χ0n) is 15.8. The summed E-state index contributed by atoms with van der Waals surface area (Å²) in [5, 5.41) is 15.2. The monoisotopic (exact) mass is 401 g/mol. The number of likely N-dealkylation sites (tertiary alicyclic amines) is 1. The lowest BCUT2D eigenvalue weighted by Gasteiger charge is -2.36. The van der Waals surface area contributed by atoms with Crippen molar-refractivity contribution in [3.05, 3.63) is 40.5 Å². The fourth-order valence-corrected chi connectivity index (χ4v) is 4.97. The maximum absolute atomic E-state index is 11.6. The van der Waals surface area contributed by atoms with E-state index in [4.69, 9.17) is 10.5 Å². The van der Waals surface area contributed by atoms with Crippen LogP contribution >= 0.6 is 11.3 Å². The smallest absolute Gasteiger partial charge is 0.230 e. The molecule has 9 heteroatoms. The molecule has 3 aromatic rings. The number of nitrogens with zero attached hydrogens (tertiary/aromatic N) is 4. The Kier molecular flexibility index (Phi) is 4.94. The second-order valence-electron chi connectivity index (χ2n) is 7.04. The topological polar surface area (TPSA) is 106 Å². The lowest BCUT2D eigenvalue weighted by atomic mass is 9.93. The van der Waals surface area contributed by atoms with Gasteiger partial charge in [0.2, 0.25) is 16.7 Å². The maximum atomic E-state index is 11.6. The fraction of sp³-hybridized carbons (Fsp3) is 0.421. The number of methoxy groups -OCH3 is 1. The van der Waals surface area contributed by atoms with Gasteiger partial charge in [-0.2, -0.15) is 4.52 Å². The van der Waals surface area contributed by atoms with Crippen LogP contribution in [-0.2, 0) is 4.79 Å². The molecule has 0 spiro atoms. The third kappa shape index (κ3) is 3.31. The van der Waals surface area contributed by atoms with Crippen molar-refractivity contribution >= 4 is 22.2 Å². The van der Waals surface area contributed by atoms with Crippen molar-refractivity contribution < 1.29 is 14.6 Å². The van der Waals surface area contributed by atoms with Crippen molar-refractivity contribution in [2.24, 2.45) is 11.7 Å². The first-order chi connectivity index (χ1) is 13.5. The number of piperidine rings is 1. The Balaban J connectivity index is 1.75. The summed E-state index contributed by atoms with van der Waals surface area (Å²) in [6.45, 7) is 3.22. The summed E-state index contributed by atoms with van der Waals surface area (Å²) in [6.07, 6.45) is 1.41. The van der Waals surface area contributed by atoms with Gasteiger partial charge in [0.15, 0.2) is 0 Å². The van der Waals surface area contributed by atoms with Gasteiger partial charge in [-0.3, -0.25) is 9.69 Å². The van der Waals surface area contributed by atoms with Crippen LogP contribution in [0.4, 0.5) is 0 Å². The fourth-order valence-electron chi connectivity index (χ4n) is 3.81. The number of aryl methyl sites for hydroxylation is 1. The number of thiazole rings is 1. The minimum absolute atomic E-state index is 0.0965. The van der Waals surface area contributed by atoms with Gasteiger partial charge >= 0.3 is 0 Å². The van der Waals surface area contributed by atoms with Crippen molar-refractivity contribution in [1.29, 1.82) is 0 Å². The Morgan fingerprint density at radius 1 is 1.39 bits per heavy atom. The molecule has 1 aromatic carbocycles. The Hall–Kier alpha value is -2.65. The number of nitrogens with two attached hydrogens (primary N) is 1. The average molecular weight is 401 g/mol. The summed E-state index contributed by atoms with van der Waals surface area (Å²) in [7, 11) is 1.63. The van der Waals surface area contributed by atoms with Gasteiger partial charge in [0.1, 0.15) is 11.6 Å². The maximum Gasteiger partial charge on any atom is 0.230 e. The summed E-state index contributed by atoms with van der Waals surface area (Å²) in [6, 6.07) is 7.65. The first kappa shape index (κ1) is 18.7. The number of hydrogen-bond donors (Lipinski definition) is 2. The van der Waals surface area contributed by atoms with Crippen molar-refractivity contribution in [2.45, 2.75) is 25.8 Å². The molecule has 1 amide bonds. The van der Waals surface area contributed by atoms with Crippen molar-refractivity contribution in [2.75, 3.05) is 20.2 Å². The molecular weight excluding hydrogens is 378 g/mol. The SMILES string of the molecule is COc1cccc([C@@H](c2sc3nc(C)nn3c2O)N2CCC(C(N)=O)CC2)c1. The first-order valence-corrected chi connectivity index (χ1v) is 10.0.